The number of carbonyl (C=O) groups is 6. The Morgan fingerprint density at radius 3 is 2.48 bits per heavy atom. The number of ketones is 1. The van der Waals surface area contributed by atoms with Crippen molar-refractivity contribution in [3.63, 3.8) is 0 Å². The van der Waals surface area contributed by atoms with Crippen molar-refractivity contribution in [1.82, 2.24) is 30.7 Å². The first-order valence-corrected chi connectivity index (χ1v) is 22.7. The third-order valence-electron chi connectivity index (χ3n) is 12.5. The van der Waals surface area contributed by atoms with Crippen LogP contribution in [0, 0.1) is 0 Å². The third-order valence-corrected chi connectivity index (χ3v) is 13.7. The lowest BCUT2D eigenvalue weighted by Gasteiger charge is -2.53. The molecule has 7 rings (SSSR count). The van der Waals surface area contributed by atoms with E-state index in [4.69, 9.17) is 16.3 Å². The number of benzene rings is 2. The fourth-order valence-corrected chi connectivity index (χ4v) is 10.3. The van der Waals surface area contributed by atoms with E-state index >= 15 is 0 Å². The quantitative estimate of drug-likeness (QED) is 0.0715. The molecule has 4 unspecified atom stereocenters. The van der Waals surface area contributed by atoms with E-state index in [-0.39, 0.29) is 73.2 Å². The van der Waals surface area contributed by atoms with Gasteiger partial charge in [0.1, 0.15) is 11.8 Å². The Balaban J connectivity index is 0.823. The maximum Gasteiger partial charge on any atom is 0.255 e. The number of ether oxygens (including phenoxy) is 1. The van der Waals surface area contributed by atoms with Crippen LogP contribution >= 0.6 is 22.9 Å². The summed E-state index contributed by atoms with van der Waals surface area (Å²) in [6, 6.07) is 13.9. The lowest BCUT2D eigenvalue weighted by atomic mass is 9.96. The summed E-state index contributed by atoms with van der Waals surface area (Å²) in [5, 5.41) is 12.7. The number of hydrogen-bond acceptors (Lipinski definition) is 11. The Morgan fingerprint density at radius 2 is 1.75 bits per heavy atom. The van der Waals surface area contributed by atoms with Crippen molar-refractivity contribution >= 4 is 63.9 Å². The Hall–Kier alpha value is -4.67. The molecular formula is C45H56ClN7O7S. The predicted molar refractivity (Wildman–Crippen MR) is 233 cm³/mol. The highest BCUT2D eigenvalue weighted by molar-refractivity contribution is 7.16. The van der Waals surface area contributed by atoms with E-state index < -0.39 is 11.9 Å². The van der Waals surface area contributed by atoms with Crippen LogP contribution in [-0.4, -0.2) is 101 Å². The van der Waals surface area contributed by atoms with Crippen LogP contribution in [0.15, 0.2) is 48.5 Å². The standard InChI is InChI=1S/C45H56ClN7O7S/c1-4-33-45(59)51(2)35-24-47-39(49-42(35)52(33)25-29-18-20-38(46)61-29)23-28-17-16-27(22-37(28)60-3)36(54)14-9-7-5-6-8-10-15-40(55)48-32-13-11-12-30-31(32)26-53(44(30)58)34-19-21-41(56)50-43(34)57/h11-13,16-18,20,22,33-35,39,42,47,49H,4-10,14-15,19,21,23-26H2,1-3H3,(H,48,55)(H,50,56,57)/t33-,34?,35?,39?,42?/m1/s1. The van der Waals surface area contributed by atoms with Crippen molar-refractivity contribution in [2.75, 3.05) is 26.0 Å². The number of likely N-dealkylation sites (N-methyl/N-ethyl adjacent to an activating group) is 1. The fourth-order valence-electron chi connectivity index (χ4n) is 9.16. The molecular weight excluding hydrogens is 818 g/mol. The number of hydrogen-bond donors (Lipinski definition) is 4. The average molecular weight is 875 g/mol. The van der Waals surface area contributed by atoms with Gasteiger partial charge in [-0.25, -0.2) is 0 Å². The van der Waals surface area contributed by atoms with Gasteiger partial charge in [-0.3, -0.25) is 49.6 Å². The number of imide groups is 1. The Bertz CT molecular complexity index is 2150. The number of carbonyl (C=O) groups excluding carboxylic acids is 6. The van der Waals surface area contributed by atoms with Gasteiger partial charge in [0.25, 0.3) is 5.91 Å². The molecule has 16 heteroatoms. The molecule has 4 aliphatic rings. The van der Waals surface area contributed by atoms with Gasteiger partial charge >= 0.3 is 0 Å². The van der Waals surface area contributed by atoms with Crippen molar-refractivity contribution in [3.8, 4) is 5.75 Å². The fraction of sp³-hybridized carbons (Fsp3) is 0.511. The minimum absolute atomic E-state index is 0.0317. The molecule has 5 heterocycles. The van der Waals surface area contributed by atoms with Gasteiger partial charge in [0.2, 0.25) is 23.6 Å². The topological polar surface area (TPSA) is 169 Å². The van der Waals surface area contributed by atoms with E-state index in [1.165, 1.54) is 4.90 Å². The summed E-state index contributed by atoms with van der Waals surface area (Å²) in [5.41, 5.74) is 3.33. The molecule has 0 spiro atoms. The number of Topliss-reactive ketones (excluding diaryl/α,β-unsaturated/α-hetero) is 1. The molecule has 0 bridgehead atoms. The van der Waals surface area contributed by atoms with Gasteiger partial charge in [-0.05, 0) is 61.6 Å². The largest absolute Gasteiger partial charge is 0.496 e. The second-order valence-electron chi connectivity index (χ2n) is 16.4. The monoisotopic (exact) mass is 873 g/mol. The van der Waals surface area contributed by atoms with Crippen molar-refractivity contribution in [2.45, 2.75) is 128 Å². The van der Waals surface area contributed by atoms with Gasteiger partial charge < -0.3 is 19.9 Å². The van der Waals surface area contributed by atoms with Crippen LogP contribution in [0.1, 0.15) is 114 Å². The molecule has 326 valence electrons. The van der Waals surface area contributed by atoms with Crippen molar-refractivity contribution < 1.29 is 33.5 Å². The zero-order valence-electron chi connectivity index (χ0n) is 35.1. The summed E-state index contributed by atoms with van der Waals surface area (Å²) in [6.07, 6.45) is 7.69. The van der Waals surface area contributed by atoms with E-state index in [0.29, 0.717) is 66.9 Å². The highest BCUT2D eigenvalue weighted by Gasteiger charge is 2.47. The van der Waals surface area contributed by atoms with Gasteiger partial charge in [-0.2, -0.15) is 0 Å². The number of anilines is 1. The number of methoxy groups -OCH3 is 1. The van der Waals surface area contributed by atoms with Gasteiger partial charge in [0, 0.05) is 79.6 Å². The van der Waals surface area contributed by atoms with Gasteiger partial charge in [-0.15, -0.1) is 11.3 Å². The van der Waals surface area contributed by atoms with E-state index in [0.717, 1.165) is 53.3 Å². The van der Waals surface area contributed by atoms with Crippen LogP contribution in [0.3, 0.4) is 0 Å². The minimum Gasteiger partial charge on any atom is -0.496 e. The van der Waals surface area contributed by atoms with E-state index in [1.54, 1.807) is 36.6 Å². The summed E-state index contributed by atoms with van der Waals surface area (Å²) >= 11 is 7.80. The molecule has 5 amide bonds. The van der Waals surface area contributed by atoms with Crippen LogP contribution in [0.2, 0.25) is 4.34 Å². The highest BCUT2D eigenvalue weighted by Crippen LogP contribution is 2.34. The maximum atomic E-state index is 13.4. The highest BCUT2D eigenvalue weighted by atomic mass is 35.5. The normalized spacial score (nSPS) is 22.9. The molecule has 2 aromatic carbocycles. The van der Waals surface area contributed by atoms with E-state index in [9.17, 15) is 28.8 Å². The minimum atomic E-state index is -0.711. The number of nitrogens with one attached hydrogen (secondary N) is 4. The average Bonchev–Trinajstić information content (AvgIpc) is 3.82. The maximum absolute atomic E-state index is 13.4. The Labute approximate surface area is 366 Å². The number of piperazine rings is 1. The van der Waals surface area contributed by atoms with Gasteiger partial charge in [0.15, 0.2) is 5.78 Å². The van der Waals surface area contributed by atoms with Crippen LogP contribution < -0.4 is 26.0 Å². The van der Waals surface area contributed by atoms with Crippen molar-refractivity contribution in [1.29, 1.82) is 0 Å². The number of amides is 5. The molecule has 1 aromatic heterocycles. The molecule has 3 saturated heterocycles. The summed E-state index contributed by atoms with van der Waals surface area (Å²) in [6.45, 7) is 3.53. The summed E-state index contributed by atoms with van der Waals surface area (Å²) in [5.74, 6) is -0.323. The number of nitrogens with zero attached hydrogens (tertiary/aromatic N) is 3. The van der Waals surface area contributed by atoms with Crippen LogP contribution in [0.5, 0.6) is 5.75 Å². The van der Waals surface area contributed by atoms with Crippen molar-refractivity contribution in [2.24, 2.45) is 0 Å². The van der Waals surface area contributed by atoms with Crippen LogP contribution in [0.25, 0.3) is 0 Å². The number of piperidine rings is 1. The number of rotatable bonds is 18. The Morgan fingerprint density at radius 1 is 0.984 bits per heavy atom. The second-order valence-corrected chi connectivity index (χ2v) is 18.2. The molecule has 4 N–H and O–H groups in total. The predicted octanol–water partition coefficient (Wildman–Crippen LogP) is 5.62. The van der Waals surface area contributed by atoms with E-state index in [1.807, 2.05) is 42.3 Å². The molecule has 3 fully saturated rings. The molecule has 14 nitrogen and oxygen atoms in total. The summed E-state index contributed by atoms with van der Waals surface area (Å²) in [4.78, 5) is 83.3. The van der Waals surface area contributed by atoms with Crippen LogP contribution in [0.4, 0.5) is 5.69 Å². The van der Waals surface area contributed by atoms with Gasteiger partial charge in [-0.1, -0.05) is 62.4 Å². The summed E-state index contributed by atoms with van der Waals surface area (Å²) in [7, 11) is 3.52. The molecule has 0 aliphatic carbocycles. The molecule has 0 radical (unpaired) electrons. The lowest BCUT2D eigenvalue weighted by molar-refractivity contribution is -0.153. The molecule has 4 aliphatic heterocycles. The zero-order chi connectivity index (χ0) is 43.2. The lowest BCUT2D eigenvalue weighted by Crippen LogP contribution is -2.76. The SMILES string of the molecule is CC[C@@H]1C(=O)N(C)C2CNC(Cc3ccc(C(=O)CCCCCCCCC(=O)Nc4cccc5c4CN(C4CCC(=O)NC4=O)C5=O)cc3OC)NC2N1Cc1ccc(Cl)s1. The first-order chi connectivity index (χ1) is 29.4. The van der Waals surface area contributed by atoms with Gasteiger partial charge in [0.05, 0.1) is 35.9 Å². The third kappa shape index (κ3) is 10.2. The first kappa shape index (κ1) is 44.4. The first-order valence-electron chi connectivity index (χ1n) is 21.5. The molecule has 5 atom stereocenters. The smallest absolute Gasteiger partial charge is 0.255 e. The zero-order valence-corrected chi connectivity index (χ0v) is 36.7. The number of unbranched alkanes of at least 4 members (excludes halogenated alkanes) is 5. The van der Waals surface area contributed by atoms with Crippen LogP contribution in [-0.2, 0) is 38.7 Å². The summed E-state index contributed by atoms with van der Waals surface area (Å²) < 4.78 is 6.52. The molecule has 61 heavy (non-hydrogen) atoms. The molecule has 3 aromatic rings. The van der Waals surface area contributed by atoms with Crippen molar-refractivity contribution in [3.05, 3.63) is 80.0 Å². The van der Waals surface area contributed by atoms with E-state index in [2.05, 4.69) is 33.1 Å². The Kier molecular flexibility index (Phi) is 14.6. The number of fused-ring (bicyclic) bond motifs is 2. The molecule has 0 saturated carbocycles. The second kappa shape index (κ2) is 20.0. The number of halogens is 1. The number of thiophene rings is 1.